The molecular formula is C18H19F2N5O. The Hall–Kier alpha value is -2.58. The van der Waals surface area contributed by atoms with Gasteiger partial charge in [0.15, 0.2) is 17.5 Å². The SMILES string of the molecule is CC(O)c1ccc2ncc(-c3nc(NC4CCNC4)c(F)cc3F)n2c1. The molecule has 0 spiro atoms. The van der Waals surface area contributed by atoms with Gasteiger partial charge in [-0.3, -0.25) is 4.40 Å². The van der Waals surface area contributed by atoms with Crippen LogP contribution in [0.4, 0.5) is 14.6 Å². The monoisotopic (exact) mass is 359 g/mol. The van der Waals surface area contributed by atoms with Crippen LogP contribution in [0.25, 0.3) is 17.0 Å². The third-order valence-electron chi connectivity index (χ3n) is 4.58. The number of nitrogens with one attached hydrogen (secondary N) is 2. The largest absolute Gasteiger partial charge is 0.389 e. The number of aliphatic hydroxyl groups is 1. The number of hydrogen-bond donors (Lipinski definition) is 3. The van der Waals surface area contributed by atoms with E-state index in [1.807, 2.05) is 0 Å². The van der Waals surface area contributed by atoms with Gasteiger partial charge in [-0.1, -0.05) is 6.07 Å². The summed E-state index contributed by atoms with van der Waals surface area (Å²) in [5, 5.41) is 16.0. The number of hydrogen-bond acceptors (Lipinski definition) is 5. The van der Waals surface area contributed by atoms with Gasteiger partial charge in [-0.2, -0.15) is 0 Å². The lowest BCUT2D eigenvalue weighted by Crippen LogP contribution is -2.23. The molecule has 3 aromatic rings. The Morgan fingerprint density at radius 1 is 1.35 bits per heavy atom. The van der Waals surface area contributed by atoms with Gasteiger partial charge in [0.2, 0.25) is 0 Å². The van der Waals surface area contributed by atoms with E-state index in [-0.39, 0.29) is 17.6 Å². The van der Waals surface area contributed by atoms with E-state index in [0.717, 1.165) is 19.0 Å². The quantitative estimate of drug-likeness (QED) is 0.667. The van der Waals surface area contributed by atoms with E-state index >= 15 is 0 Å². The minimum Gasteiger partial charge on any atom is -0.389 e. The zero-order valence-corrected chi connectivity index (χ0v) is 14.2. The summed E-state index contributed by atoms with van der Waals surface area (Å²) in [7, 11) is 0. The zero-order chi connectivity index (χ0) is 18.3. The second kappa shape index (κ2) is 6.62. The molecule has 0 aliphatic carbocycles. The second-order valence-electron chi connectivity index (χ2n) is 6.49. The van der Waals surface area contributed by atoms with Crippen molar-refractivity contribution >= 4 is 11.5 Å². The van der Waals surface area contributed by atoms with Gasteiger partial charge in [0, 0.05) is 24.8 Å². The molecule has 26 heavy (non-hydrogen) atoms. The molecule has 0 aromatic carbocycles. The number of nitrogens with zero attached hydrogens (tertiary/aromatic N) is 3. The minimum absolute atomic E-state index is 0.00935. The molecule has 0 saturated carbocycles. The second-order valence-corrected chi connectivity index (χ2v) is 6.49. The summed E-state index contributed by atoms with van der Waals surface area (Å²) in [6.45, 7) is 3.20. The Labute approximate surface area is 148 Å². The summed E-state index contributed by atoms with van der Waals surface area (Å²) < 4.78 is 30.3. The number of pyridine rings is 2. The molecule has 0 bridgehead atoms. The fraction of sp³-hybridized carbons (Fsp3) is 0.333. The number of rotatable bonds is 4. The van der Waals surface area contributed by atoms with Crippen LogP contribution in [0.2, 0.25) is 0 Å². The average molecular weight is 359 g/mol. The van der Waals surface area contributed by atoms with E-state index in [1.165, 1.54) is 6.20 Å². The molecule has 0 amide bonds. The predicted octanol–water partition coefficient (Wildman–Crippen LogP) is 2.50. The van der Waals surface area contributed by atoms with Crippen molar-refractivity contribution in [2.45, 2.75) is 25.5 Å². The van der Waals surface area contributed by atoms with Crippen molar-refractivity contribution in [1.82, 2.24) is 19.7 Å². The van der Waals surface area contributed by atoms with Gasteiger partial charge in [-0.05, 0) is 31.5 Å². The van der Waals surface area contributed by atoms with E-state index < -0.39 is 17.7 Å². The van der Waals surface area contributed by atoms with Gasteiger partial charge in [-0.25, -0.2) is 18.7 Å². The van der Waals surface area contributed by atoms with Gasteiger partial charge < -0.3 is 15.7 Å². The fourth-order valence-corrected chi connectivity index (χ4v) is 3.14. The minimum atomic E-state index is -0.762. The maximum Gasteiger partial charge on any atom is 0.168 e. The highest BCUT2D eigenvalue weighted by Crippen LogP contribution is 2.27. The molecule has 1 saturated heterocycles. The van der Waals surface area contributed by atoms with Crippen LogP contribution in [0.1, 0.15) is 25.0 Å². The summed E-state index contributed by atoms with van der Waals surface area (Å²) in [6.07, 6.45) is 3.35. The third-order valence-corrected chi connectivity index (χ3v) is 4.58. The van der Waals surface area contributed by atoms with E-state index in [9.17, 15) is 13.9 Å². The molecule has 8 heteroatoms. The van der Waals surface area contributed by atoms with Crippen molar-refractivity contribution in [3.8, 4) is 11.4 Å². The Bertz CT molecular complexity index is 950. The lowest BCUT2D eigenvalue weighted by atomic mass is 10.2. The first kappa shape index (κ1) is 16.9. The van der Waals surface area contributed by atoms with Gasteiger partial charge >= 0.3 is 0 Å². The average Bonchev–Trinajstić information content (AvgIpc) is 3.26. The summed E-state index contributed by atoms with van der Waals surface area (Å²) in [4.78, 5) is 8.43. The Balaban J connectivity index is 1.79. The number of halogens is 2. The molecule has 0 radical (unpaired) electrons. The van der Waals surface area contributed by atoms with E-state index in [4.69, 9.17) is 0 Å². The lowest BCUT2D eigenvalue weighted by molar-refractivity contribution is 0.199. The first-order valence-electron chi connectivity index (χ1n) is 8.51. The number of anilines is 1. The predicted molar refractivity (Wildman–Crippen MR) is 93.9 cm³/mol. The molecule has 4 rings (SSSR count). The fourth-order valence-electron chi connectivity index (χ4n) is 3.14. The maximum atomic E-state index is 14.5. The first-order chi connectivity index (χ1) is 12.5. The normalized spacial score (nSPS) is 18.4. The summed E-state index contributed by atoms with van der Waals surface area (Å²) in [6, 6.07) is 4.38. The molecule has 1 aliphatic heterocycles. The number of aromatic nitrogens is 3. The molecule has 136 valence electrons. The van der Waals surface area contributed by atoms with E-state index in [2.05, 4.69) is 20.6 Å². The van der Waals surface area contributed by atoms with Gasteiger partial charge in [-0.15, -0.1) is 0 Å². The highest BCUT2D eigenvalue weighted by atomic mass is 19.1. The van der Waals surface area contributed by atoms with E-state index in [1.54, 1.807) is 29.7 Å². The van der Waals surface area contributed by atoms with Crippen molar-refractivity contribution in [1.29, 1.82) is 0 Å². The van der Waals surface area contributed by atoms with Crippen LogP contribution in [-0.4, -0.2) is 38.6 Å². The standard InChI is InChI=1S/C18H19F2N5O/c1-10(26)11-2-3-16-22-8-15(25(16)9-11)17-13(19)6-14(20)18(24-17)23-12-4-5-21-7-12/h2-3,6,8-10,12,21,26H,4-5,7H2,1H3,(H,23,24). The lowest BCUT2D eigenvalue weighted by Gasteiger charge is -2.14. The highest BCUT2D eigenvalue weighted by molar-refractivity contribution is 5.63. The molecule has 1 aliphatic rings. The molecule has 1 fully saturated rings. The molecule has 2 atom stereocenters. The smallest absolute Gasteiger partial charge is 0.168 e. The van der Waals surface area contributed by atoms with Crippen LogP contribution in [0.3, 0.4) is 0 Å². The molecule has 2 unspecified atom stereocenters. The molecule has 3 aromatic heterocycles. The molecular weight excluding hydrogens is 340 g/mol. The van der Waals surface area contributed by atoms with Gasteiger partial charge in [0.1, 0.15) is 11.3 Å². The Kier molecular flexibility index (Phi) is 4.29. The summed E-state index contributed by atoms with van der Waals surface area (Å²) >= 11 is 0. The van der Waals surface area contributed by atoms with Crippen LogP contribution < -0.4 is 10.6 Å². The molecule has 3 N–H and O–H groups in total. The number of aliphatic hydroxyl groups excluding tert-OH is 1. The van der Waals surface area contributed by atoms with Crippen molar-refractivity contribution in [2.75, 3.05) is 18.4 Å². The van der Waals surface area contributed by atoms with E-state index in [0.29, 0.717) is 23.4 Å². The summed E-state index contributed by atoms with van der Waals surface area (Å²) in [5.74, 6) is -1.46. The topological polar surface area (TPSA) is 74.5 Å². The highest BCUT2D eigenvalue weighted by Gasteiger charge is 2.21. The number of fused-ring (bicyclic) bond motifs is 1. The Morgan fingerprint density at radius 3 is 2.92 bits per heavy atom. The maximum absolute atomic E-state index is 14.5. The number of imidazole rings is 1. The van der Waals surface area contributed by atoms with Gasteiger partial charge in [0.05, 0.1) is 18.0 Å². The van der Waals surface area contributed by atoms with Crippen LogP contribution >= 0.6 is 0 Å². The van der Waals surface area contributed by atoms with Crippen molar-refractivity contribution in [2.24, 2.45) is 0 Å². The van der Waals surface area contributed by atoms with Crippen molar-refractivity contribution in [3.05, 3.63) is 47.8 Å². The van der Waals surface area contributed by atoms with Gasteiger partial charge in [0.25, 0.3) is 0 Å². The third kappa shape index (κ3) is 3.02. The van der Waals surface area contributed by atoms with Crippen LogP contribution in [-0.2, 0) is 0 Å². The Morgan fingerprint density at radius 2 is 2.19 bits per heavy atom. The summed E-state index contributed by atoms with van der Waals surface area (Å²) in [5.41, 5.74) is 1.65. The first-order valence-corrected chi connectivity index (χ1v) is 8.51. The van der Waals surface area contributed by atoms with Crippen LogP contribution in [0.5, 0.6) is 0 Å². The van der Waals surface area contributed by atoms with Crippen LogP contribution in [0.15, 0.2) is 30.6 Å². The van der Waals surface area contributed by atoms with Crippen molar-refractivity contribution in [3.63, 3.8) is 0 Å². The zero-order valence-electron chi connectivity index (χ0n) is 14.2. The molecule has 6 nitrogen and oxygen atoms in total. The van der Waals surface area contributed by atoms with Crippen LogP contribution in [0, 0.1) is 11.6 Å². The molecule has 4 heterocycles. The van der Waals surface area contributed by atoms with Crippen molar-refractivity contribution < 1.29 is 13.9 Å².